The minimum absolute atomic E-state index is 0.00558. The average Bonchev–Trinajstić information content (AvgIpc) is 2.27. The van der Waals surface area contributed by atoms with Gasteiger partial charge in [-0.1, -0.05) is 12.1 Å². The third kappa shape index (κ3) is 3.63. The molecule has 0 heterocycles. The maximum Gasteiger partial charge on any atom is 0.335 e. The van der Waals surface area contributed by atoms with Crippen molar-refractivity contribution in [3.63, 3.8) is 0 Å². The fourth-order valence-corrected chi connectivity index (χ4v) is 1.70. The van der Waals surface area contributed by atoms with Crippen LogP contribution in [0.2, 0.25) is 0 Å². The summed E-state index contributed by atoms with van der Waals surface area (Å²) in [4.78, 5) is 10.7. The molecule has 0 saturated carbocycles. The molecule has 0 fully saturated rings. The number of benzene rings is 1. The zero-order valence-electron chi connectivity index (χ0n) is 8.80. The molecule has 0 aliphatic rings. The third-order valence-corrected chi connectivity index (χ3v) is 3.39. The van der Waals surface area contributed by atoms with E-state index in [1.807, 2.05) is 0 Å². The first-order valence-corrected chi connectivity index (χ1v) is 6.39. The van der Waals surface area contributed by atoms with Gasteiger partial charge in [-0.3, -0.25) is 0 Å². The Hall–Kier alpha value is -1.40. The predicted octanol–water partition coefficient (Wildman–Crippen LogP) is 0.824. The molecular formula is C10H13NO4S. The van der Waals surface area contributed by atoms with Gasteiger partial charge in [0.1, 0.15) is 0 Å². The van der Waals surface area contributed by atoms with E-state index >= 15 is 0 Å². The van der Waals surface area contributed by atoms with E-state index in [9.17, 15) is 13.2 Å². The van der Waals surface area contributed by atoms with E-state index < -0.39 is 16.0 Å². The topological polar surface area (TPSA) is 83.5 Å². The molecule has 0 amide bonds. The molecule has 0 bridgehead atoms. The van der Waals surface area contributed by atoms with Crippen LogP contribution in [-0.4, -0.2) is 25.2 Å². The van der Waals surface area contributed by atoms with Gasteiger partial charge in [0.05, 0.1) is 11.3 Å². The summed E-state index contributed by atoms with van der Waals surface area (Å²) in [5, 5.41) is 8.74. The SMILES string of the molecule is CCS(=O)(=O)NCc1cccc(C(=O)O)c1. The van der Waals surface area contributed by atoms with Crippen molar-refractivity contribution < 1.29 is 18.3 Å². The quantitative estimate of drug-likeness (QED) is 0.802. The summed E-state index contributed by atoms with van der Waals surface area (Å²) < 4.78 is 24.7. The second-order valence-electron chi connectivity index (χ2n) is 3.23. The molecule has 6 heteroatoms. The lowest BCUT2D eigenvalue weighted by Gasteiger charge is -2.05. The van der Waals surface area contributed by atoms with Crippen LogP contribution in [0, 0.1) is 0 Å². The van der Waals surface area contributed by atoms with Gasteiger partial charge in [-0.15, -0.1) is 0 Å². The zero-order valence-corrected chi connectivity index (χ0v) is 9.62. The van der Waals surface area contributed by atoms with Gasteiger partial charge in [-0.25, -0.2) is 17.9 Å². The molecule has 0 unspecified atom stereocenters. The lowest BCUT2D eigenvalue weighted by atomic mass is 10.1. The lowest BCUT2D eigenvalue weighted by Crippen LogP contribution is -2.24. The Balaban J connectivity index is 2.75. The van der Waals surface area contributed by atoms with E-state index in [2.05, 4.69) is 4.72 Å². The average molecular weight is 243 g/mol. The molecule has 0 atom stereocenters. The standard InChI is InChI=1S/C10H13NO4S/c1-2-16(14,15)11-7-8-4-3-5-9(6-8)10(12)13/h3-6,11H,2,7H2,1H3,(H,12,13). The van der Waals surface area contributed by atoms with Gasteiger partial charge in [0.25, 0.3) is 0 Å². The van der Waals surface area contributed by atoms with Crippen LogP contribution in [0.4, 0.5) is 0 Å². The molecule has 5 nitrogen and oxygen atoms in total. The van der Waals surface area contributed by atoms with Crippen LogP contribution >= 0.6 is 0 Å². The van der Waals surface area contributed by atoms with Crippen molar-refractivity contribution in [2.24, 2.45) is 0 Å². The van der Waals surface area contributed by atoms with Crippen LogP contribution in [0.5, 0.6) is 0 Å². The van der Waals surface area contributed by atoms with Crippen LogP contribution in [-0.2, 0) is 16.6 Å². The first-order chi connectivity index (χ1) is 7.44. The summed E-state index contributed by atoms with van der Waals surface area (Å²) in [5.41, 5.74) is 0.769. The molecule has 1 rings (SSSR count). The second kappa shape index (κ2) is 5.09. The molecular weight excluding hydrogens is 230 g/mol. The van der Waals surface area contributed by atoms with Crippen LogP contribution in [0.15, 0.2) is 24.3 Å². The van der Waals surface area contributed by atoms with Crippen molar-refractivity contribution in [2.75, 3.05) is 5.75 Å². The van der Waals surface area contributed by atoms with Gasteiger partial charge in [0, 0.05) is 6.54 Å². The van der Waals surface area contributed by atoms with Crippen molar-refractivity contribution in [1.29, 1.82) is 0 Å². The highest BCUT2D eigenvalue weighted by atomic mass is 32.2. The number of hydrogen-bond donors (Lipinski definition) is 2. The van der Waals surface area contributed by atoms with E-state index in [0.29, 0.717) is 5.56 Å². The Labute approximate surface area is 94.2 Å². The number of sulfonamides is 1. The van der Waals surface area contributed by atoms with Crippen LogP contribution in [0.3, 0.4) is 0 Å². The van der Waals surface area contributed by atoms with Gasteiger partial charge in [-0.05, 0) is 24.6 Å². The van der Waals surface area contributed by atoms with Gasteiger partial charge in [-0.2, -0.15) is 0 Å². The van der Waals surface area contributed by atoms with Crippen LogP contribution in [0.25, 0.3) is 0 Å². The molecule has 0 spiro atoms. The van der Waals surface area contributed by atoms with E-state index in [1.54, 1.807) is 12.1 Å². The summed E-state index contributed by atoms with van der Waals surface area (Å²) in [7, 11) is -3.25. The maximum atomic E-state index is 11.2. The molecule has 88 valence electrons. The number of carboxylic acid groups (broad SMARTS) is 1. The Bertz CT molecular complexity index is 481. The molecule has 0 aliphatic heterocycles. The summed E-state index contributed by atoms with van der Waals surface area (Å²) in [6.45, 7) is 1.65. The normalized spacial score (nSPS) is 11.3. The van der Waals surface area contributed by atoms with Gasteiger partial charge >= 0.3 is 5.97 Å². The number of rotatable bonds is 5. The minimum Gasteiger partial charge on any atom is -0.478 e. The predicted molar refractivity (Wildman–Crippen MR) is 59.7 cm³/mol. The van der Waals surface area contributed by atoms with E-state index in [-0.39, 0.29) is 17.9 Å². The molecule has 0 radical (unpaired) electrons. The first kappa shape index (κ1) is 12.7. The van der Waals surface area contributed by atoms with Crippen molar-refractivity contribution in [1.82, 2.24) is 4.72 Å². The summed E-state index contributed by atoms with van der Waals surface area (Å²) >= 11 is 0. The number of carbonyl (C=O) groups is 1. The van der Waals surface area contributed by atoms with E-state index in [0.717, 1.165) is 0 Å². The Morgan fingerprint density at radius 2 is 2.12 bits per heavy atom. The number of nitrogens with one attached hydrogen (secondary N) is 1. The molecule has 1 aromatic carbocycles. The Morgan fingerprint density at radius 1 is 1.44 bits per heavy atom. The summed E-state index contributed by atoms with van der Waals surface area (Å²) in [6.07, 6.45) is 0. The van der Waals surface area contributed by atoms with Gasteiger partial charge < -0.3 is 5.11 Å². The van der Waals surface area contributed by atoms with Crippen molar-refractivity contribution >= 4 is 16.0 Å². The smallest absolute Gasteiger partial charge is 0.335 e. The van der Waals surface area contributed by atoms with Gasteiger partial charge in [0.15, 0.2) is 0 Å². The zero-order chi connectivity index (χ0) is 12.2. The lowest BCUT2D eigenvalue weighted by molar-refractivity contribution is 0.0696. The van der Waals surface area contributed by atoms with Crippen LogP contribution < -0.4 is 4.72 Å². The highest BCUT2D eigenvalue weighted by Crippen LogP contribution is 2.05. The van der Waals surface area contributed by atoms with E-state index in [4.69, 9.17) is 5.11 Å². The summed E-state index contributed by atoms with van der Waals surface area (Å²) in [6, 6.07) is 6.16. The van der Waals surface area contributed by atoms with Crippen molar-refractivity contribution in [2.45, 2.75) is 13.5 Å². The Morgan fingerprint density at radius 3 is 2.69 bits per heavy atom. The molecule has 0 aromatic heterocycles. The molecule has 1 aromatic rings. The second-order valence-corrected chi connectivity index (χ2v) is 5.33. The highest BCUT2D eigenvalue weighted by molar-refractivity contribution is 7.89. The number of hydrogen-bond acceptors (Lipinski definition) is 3. The number of carboxylic acids is 1. The van der Waals surface area contributed by atoms with E-state index in [1.165, 1.54) is 19.1 Å². The minimum atomic E-state index is -3.25. The highest BCUT2D eigenvalue weighted by Gasteiger charge is 2.07. The fraction of sp³-hybridized carbons (Fsp3) is 0.300. The van der Waals surface area contributed by atoms with Gasteiger partial charge in [0.2, 0.25) is 10.0 Å². The number of aromatic carboxylic acids is 1. The first-order valence-electron chi connectivity index (χ1n) is 4.74. The monoisotopic (exact) mass is 243 g/mol. The summed E-state index contributed by atoms with van der Waals surface area (Å²) in [5.74, 6) is -1.02. The molecule has 16 heavy (non-hydrogen) atoms. The molecule has 0 aliphatic carbocycles. The maximum absolute atomic E-state index is 11.2. The Kier molecular flexibility index (Phi) is 4.03. The van der Waals surface area contributed by atoms with Crippen molar-refractivity contribution in [3.8, 4) is 0 Å². The largest absolute Gasteiger partial charge is 0.478 e. The van der Waals surface area contributed by atoms with Crippen molar-refractivity contribution in [3.05, 3.63) is 35.4 Å². The third-order valence-electron chi connectivity index (χ3n) is 2.05. The molecule has 0 saturated heterocycles. The fourth-order valence-electron chi connectivity index (χ4n) is 1.11. The van der Waals surface area contributed by atoms with Crippen LogP contribution in [0.1, 0.15) is 22.8 Å². The molecule has 2 N–H and O–H groups in total.